The van der Waals surface area contributed by atoms with Crippen LogP contribution in [0, 0.1) is 9.49 Å². The van der Waals surface area contributed by atoms with Crippen LogP contribution >= 0.6 is 34.2 Å². The summed E-state index contributed by atoms with van der Waals surface area (Å²) in [5.74, 6) is 0.554. The van der Waals surface area contributed by atoms with Gasteiger partial charge in [0.25, 0.3) is 0 Å². The van der Waals surface area contributed by atoms with Crippen molar-refractivity contribution in [2.75, 3.05) is 18.4 Å². The van der Waals surface area contributed by atoms with Gasteiger partial charge in [-0.2, -0.15) is 0 Å². The van der Waals surface area contributed by atoms with Gasteiger partial charge in [-0.15, -0.1) is 0 Å². The summed E-state index contributed by atoms with van der Waals surface area (Å²) in [5.41, 5.74) is 0.711. The third-order valence-corrected chi connectivity index (χ3v) is 4.14. The first-order valence-corrected chi connectivity index (χ1v) is 7.56. The molecule has 1 aromatic carbocycles. The van der Waals surface area contributed by atoms with E-state index in [0.717, 1.165) is 29.5 Å². The van der Waals surface area contributed by atoms with Gasteiger partial charge in [0, 0.05) is 9.99 Å². The molecule has 1 amide bonds. The van der Waals surface area contributed by atoms with Crippen LogP contribution in [0.4, 0.5) is 5.69 Å². The largest absolute Gasteiger partial charge is 0.325 e. The van der Waals surface area contributed by atoms with Gasteiger partial charge in [-0.1, -0.05) is 11.6 Å². The molecular formula is C13H16ClIN2O. The number of carbonyl (C=O) groups is 1. The van der Waals surface area contributed by atoms with E-state index < -0.39 is 0 Å². The van der Waals surface area contributed by atoms with E-state index in [2.05, 4.69) is 33.2 Å². The summed E-state index contributed by atoms with van der Waals surface area (Å²) in [6.45, 7) is 2.03. The van der Waals surface area contributed by atoms with Crippen molar-refractivity contribution in [2.24, 2.45) is 5.92 Å². The number of hydrogen-bond acceptors (Lipinski definition) is 2. The third-order valence-electron chi connectivity index (χ3n) is 3.14. The first-order chi connectivity index (χ1) is 8.65. The minimum Gasteiger partial charge on any atom is -0.325 e. The van der Waals surface area contributed by atoms with Gasteiger partial charge in [-0.25, -0.2) is 0 Å². The van der Waals surface area contributed by atoms with Gasteiger partial charge in [0.1, 0.15) is 0 Å². The molecule has 2 rings (SSSR count). The quantitative estimate of drug-likeness (QED) is 0.793. The number of anilines is 1. The Hall–Kier alpha value is -0.330. The highest BCUT2D eigenvalue weighted by atomic mass is 127. The van der Waals surface area contributed by atoms with Gasteiger partial charge >= 0.3 is 0 Å². The van der Waals surface area contributed by atoms with Crippen molar-refractivity contribution in [3.05, 3.63) is 26.8 Å². The van der Waals surface area contributed by atoms with Crippen LogP contribution in [0.1, 0.15) is 19.3 Å². The maximum absolute atomic E-state index is 12.0. The molecular weight excluding hydrogens is 363 g/mol. The maximum Gasteiger partial charge on any atom is 0.224 e. The van der Waals surface area contributed by atoms with Crippen LogP contribution in [0.3, 0.4) is 0 Å². The Morgan fingerprint density at radius 3 is 2.89 bits per heavy atom. The lowest BCUT2D eigenvalue weighted by atomic mass is 9.94. The minimum absolute atomic E-state index is 0.0609. The predicted molar refractivity (Wildman–Crippen MR) is 83.0 cm³/mol. The van der Waals surface area contributed by atoms with Gasteiger partial charge in [0.05, 0.1) is 10.7 Å². The summed E-state index contributed by atoms with van der Waals surface area (Å²) in [7, 11) is 0. The predicted octanol–water partition coefficient (Wildman–Crippen LogP) is 3.27. The number of piperidine rings is 1. The highest BCUT2D eigenvalue weighted by Crippen LogP contribution is 2.25. The van der Waals surface area contributed by atoms with Gasteiger partial charge < -0.3 is 10.6 Å². The van der Waals surface area contributed by atoms with Crippen LogP contribution < -0.4 is 10.6 Å². The Morgan fingerprint density at radius 2 is 2.17 bits per heavy atom. The molecule has 1 aliphatic rings. The van der Waals surface area contributed by atoms with E-state index in [-0.39, 0.29) is 5.91 Å². The van der Waals surface area contributed by atoms with E-state index >= 15 is 0 Å². The first-order valence-electron chi connectivity index (χ1n) is 6.11. The molecule has 0 aliphatic carbocycles. The van der Waals surface area contributed by atoms with E-state index in [9.17, 15) is 4.79 Å². The molecule has 1 aliphatic heterocycles. The summed E-state index contributed by atoms with van der Waals surface area (Å²) in [4.78, 5) is 12.0. The fourth-order valence-corrected chi connectivity index (χ4v) is 2.80. The van der Waals surface area contributed by atoms with Crippen molar-refractivity contribution in [3.8, 4) is 0 Å². The zero-order valence-corrected chi connectivity index (χ0v) is 12.9. The molecule has 0 radical (unpaired) electrons. The molecule has 0 spiro atoms. The maximum atomic E-state index is 12.0. The normalized spacial score (nSPS) is 16.6. The van der Waals surface area contributed by atoms with E-state index in [4.69, 9.17) is 11.6 Å². The van der Waals surface area contributed by atoms with E-state index in [1.807, 2.05) is 18.2 Å². The molecule has 0 saturated carbocycles. The molecule has 3 nitrogen and oxygen atoms in total. The van der Waals surface area contributed by atoms with Crippen LogP contribution in [-0.4, -0.2) is 19.0 Å². The number of halogens is 2. The van der Waals surface area contributed by atoms with Crippen LogP contribution in [0.5, 0.6) is 0 Å². The SMILES string of the molecule is O=C(CC1CCNCC1)Nc1cc(I)ccc1Cl. The number of benzene rings is 1. The van der Waals surface area contributed by atoms with Crippen molar-refractivity contribution in [3.63, 3.8) is 0 Å². The van der Waals surface area contributed by atoms with Crippen LogP contribution in [0.25, 0.3) is 0 Å². The number of nitrogens with one attached hydrogen (secondary N) is 2. The molecule has 0 atom stereocenters. The lowest BCUT2D eigenvalue weighted by Crippen LogP contribution is -2.30. The second-order valence-electron chi connectivity index (χ2n) is 4.57. The molecule has 1 fully saturated rings. The lowest BCUT2D eigenvalue weighted by molar-refractivity contribution is -0.117. The summed E-state index contributed by atoms with van der Waals surface area (Å²) in [6.07, 6.45) is 2.74. The molecule has 98 valence electrons. The summed E-state index contributed by atoms with van der Waals surface area (Å²) in [5, 5.41) is 6.79. The Kier molecular flexibility index (Phi) is 5.26. The van der Waals surface area contributed by atoms with Gasteiger partial charge in [0.2, 0.25) is 5.91 Å². The second-order valence-corrected chi connectivity index (χ2v) is 6.22. The number of rotatable bonds is 3. The van der Waals surface area contributed by atoms with E-state index in [1.165, 1.54) is 0 Å². The highest BCUT2D eigenvalue weighted by Gasteiger charge is 2.17. The van der Waals surface area contributed by atoms with Crippen molar-refractivity contribution in [2.45, 2.75) is 19.3 Å². The molecule has 1 heterocycles. The average Bonchev–Trinajstić information content (AvgIpc) is 2.35. The molecule has 0 unspecified atom stereocenters. The van der Waals surface area contributed by atoms with Gasteiger partial charge in [-0.05, 0) is 72.6 Å². The second kappa shape index (κ2) is 6.73. The lowest BCUT2D eigenvalue weighted by Gasteiger charge is -2.22. The Bertz CT molecular complexity index is 433. The molecule has 1 saturated heterocycles. The Morgan fingerprint density at radius 1 is 1.44 bits per heavy atom. The van der Waals surface area contributed by atoms with Crippen molar-refractivity contribution in [1.82, 2.24) is 5.32 Å². The minimum atomic E-state index is 0.0609. The fourth-order valence-electron chi connectivity index (χ4n) is 2.14. The van der Waals surface area contributed by atoms with Gasteiger partial charge in [-0.3, -0.25) is 4.79 Å². The molecule has 0 aromatic heterocycles. The smallest absolute Gasteiger partial charge is 0.224 e. The van der Waals surface area contributed by atoms with Crippen molar-refractivity contribution < 1.29 is 4.79 Å². The number of amides is 1. The fraction of sp³-hybridized carbons (Fsp3) is 0.462. The molecule has 18 heavy (non-hydrogen) atoms. The van der Waals surface area contributed by atoms with E-state index in [1.54, 1.807) is 0 Å². The molecule has 1 aromatic rings. The molecule has 5 heteroatoms. The highest BCUT2D eigenvalue weighted by molar-refractivity contribution is 14.1. The zero-order chi connectivity index (χ0) is 13.0. The van der Waals surface area contributed by atoms with Gasteiger partial charge in [0.15, 0.2) is 0 Å². The molecule has 2 N–H and O–H groups in total. The zero-order valence-electron chi connectivity index (χ0n) is 10.0. The van der Waals surface area contributed by atoms with Crippen LogP contribution in [-0.2, 0) is 4.79 Å². The first kappa shape index (κ1) is 14.1. The monoisotopic (exact) mass is 378 g/mol. The summed E-state index contributed by atoms with van der Waals surface area (Å²) >= 11 is 8.26. The Balaban J connectivity index is 1.92. The number of hydrogen-bond donors (Lipinski definition) is 2. The Labute approximate surface area is 126 Å². The van der Waals surface area contributed by atoms with Crippen molar-refractivity contribution >= 4 is 45.8 Å². The van der Waals surface area contributed by atoms with Crippen LogP contribution in [0.2, 0.25) is 5.02 Å². The molecule has 0 bridgehead atoms. The summed E-state index contributed by atoms with van der Waals surface area (Å²) < 4.78 is 1.06. The standard InChI is InChI=1S/C13H16ClIN2O/c14-11-2-1-10(15)8-12(11)17-13(18)7-9-3-5-16-6-4-9/h1-2,8-9,16H,3-7H2,(H,17,18). The topological polar surface area (TPSA) is 41.1 Å². The summed E-state index contributed by atoms with van der Waals surface area (Å²) in [6, 6.07) is 5.62. The van der Waals surface area contributed by atoms with E-state index in [0.29, 0.717) is 23.0 Å². The average molecular weight is 379 g/mol. The number of carbonyl (C=O) groups excluding carboxylic acids is 1. The third kappa shape index (κ3) is 4.10. The van der Waals surface area contributed by atoms with Crippen LogP contribution in [0.15, 0.2) is 18.2 Å². The van der Waals surface area contributed by atoms with Crippen molar-refractivity contribution in [1.29, 1.82) is 0 Å².